The van der Waals surface area contributed by atoms with Crippen LogP contribution in [0.3, 0.4) is 0 Å². The first-order valence-electron chi connectivity index (χ1n) is 10.3. The van der Waals surface area contributed by atoms with E-state index in [1.54, 1.807) is 24.3 Å². The van der Waals surface area contributed by atoms with E-state index in [2.05, 4.69) is 0 Å². The molecule has 0 saturated carbocycles. The minimum Gasteiger partial charge on any atom is -0.493 e. The van der Waals surface area contributed by atoms with E-state index in [1.165, 1.54) is 17.0 Å². The average Bonchev–Trinajstić information content (AvgIpc) is 3.11. The number of carbonyl (C=O) groups is 2. The maximum absolute atomic E-state index is 14.5. The van der Waals surface area contributed by atoms with Gasteiger partial charge in [0.15, 0.2) is 0 Å². The molecule has 1 heterocycles. The van der Waals surface area contributed by atoms with Gasteiger partial charge in [0, 0.05) is 22.0 Å². The van der Waals surface area contributed by atoms with Crippen molar-refractivity contribution in [3.63, 3.8) is 0 Å². The Kier molecular flexibility index (Phi) is 6.13. The van der Waals surface area contributed by atoms with Gasteiger partial charge in [0.2, 0.25) is 0 Å². The second-order valence-corrected chi connectivity index (χ2v) is 7.52. The fourth-order valence-electron chi connectivity index (χ4n) is 3.97. The van der Waals surface area contributed by atoms with Gasteiger partial charge in [0.1, 0.15) is 17.3 Å². The van der Waals surface area contributed by atoms with Crippen LogP contribution in [0.2, 0.25) is 0 Å². The van der Waals surface area contributed by atoms with Crippen LogP contribution in [0, 0.1) is 5.82 Å². The largest absolute Gasteiger partial charge is 0.493 e. The molecule has 3 aromatic carbocycles. The lowest BCUT2D eigenvalue weighted by molar-refractivity contribution is -0.136. The van der Waals surface area contributed by atoms with Crippen LogP contribution >= 0.6 is 0 Å². The zero-order valence-electron chi connectivity index (χ0n) is 17.6. The van der Waals surface area contributed by atoms with Gasteiger partial charge in [-0.05, 0) is 24.1 Å². The number of anilines is 1. The molecular formula is C24H20F3NO5. The molecule has 0 spiro atoms. The molecule has 4 rings (SSSR count). The van der Waals surface area contributed by atoms with Crippen molar-refractivity contribution < 1.29 is 37.3 Å². The number of nitrogens with zero attached hydrogens (tertiary/aromatic N) is 1. The Labute approximate surface area is 187 Å². The molecule has 0 aliphatic carbocycles. The molecule has 1 N–H and O–H groups in total. The lowest BCUT2D eigenvalue weighted by atomic mass is 9.99. The number of ether oxygens (including phenoxy) is 2. The van der Waals surface area contributed by atoms with Gasteiger partial charge in [0.25, 0.3) is 5.91 Å². The van der Waals surface area contributed by atoms with Crippen LogP contribution < -0.4 is 14.4 Å². The third kappa shape index (κ3) is 4.18. The number of halogens is 3. The van der Waals surface area contributed by atoms with Gasteiger partial charge in [-0.25, -0.2) is 4.39 Å². The molecule has 0 bridgehead atoms. The number of carboxylic acid groups (broad SMARTS) is 1. The molecule has 1 aliphatic heterocycles. The second-order valence-electron chi connectivity index (χ2n) is 7.52. The van der Waals surface area contributed by atoms with Crippen molar-refractivity contribution in [2.75, 3.05) is 11.5 Å². The minimum atomic E-state index is -3.16. The van der Waals surface area contributed by atoms with Gasteiger partial charge in [-0.15, -0.1) is 0 Å². The van der Waals surface area contributed by atoms with Gasteiger partial charge in [-0.3, -0.25) is 9.59 Å². The summed E-state index contributed by atoms with van der Waals surface area (Å²) in [6.07, 6.45) is 0.180. The number of amides is 1. The predicted octanol–water partition coefficient (Wildman–Crippen LogP) is 5.16. The molecule has 0 aromatic heterocycles. The van der Waals surface area contributed by atoms with Gasteiger partial charge in [0.05, 0.1) is 25.1 Å². The molecule has 3 aromatic rings. The van der Waals surface area contributed by atoms with E-state index in [-0.39, 0.29) is 29.1 Å². The van der Waals surface area contributed by atoms with E-state index in [9.17, 15) is 22.8 Å². The normalized spacial score (nSPS) is 13.0. The summed E-state index contributed by atoms with van der Waals surface area (Å²) in [6, 6.07) is 10.4. The van der Waals surface area contributed by atoms with Gasteiger partial charge in [-0.1, -0.05) is 37.3 Å². The summed E-state index contributed by atoms with van der Waals surface area (Å²) in [5, 5.41) is 9.74. The molecule has 0 unspecified atom stereocenters. The highest BCUT2D eigenvalue weighted by Crippen LogP contribution is 2.46. The molecular weight excluding hydrogens is 439 g/mol. The van der Waals surface area contributed by atoms with Crippen molar-refractivity contribution in [1.82, 2.24) is 0 Å². The first-order chi connectivity index (χ1) is 15.8. The number of rotatable bonds is 8. The van der Waals surface area contributed by atoms with Crippen molar-refractivity contribution >= 4 is 28.3 Å². The van der Waals surface area contributed by atoms with E-state index in [1.807, 2.05) is 6.92 Å². The number of alkyl halides is 2. The fraction of sp³-hybridized carbons (Fsp3) is 0.250. The molecule has 0 saturated heterocycles. The van der Waals surface area contributed by atoms with Crippen LogP contribution in [-0.4, -0.2) is 30.2 Å². The second kappa shape index (κ2) is 9.01. The van der Waals surface area contributed by atoms with Crippen LogP contribution in [0.1, 0.15) is 34.8 Å². The van der Waals surface area contributed by atoms with Crippen molar-refractivity contribution in [3.05, 3.63) is 65.0 Å². The summed E-state index contributed by atoms with van der Waals surface area (Å²) >= 11 is 0. The van der Waals surface area contributed by atoms with Crippen molar-refractivity contribution in [3.8, 4) is 11.5 Å². The average molecular weight is 459 g/mol. The standard InChI is InChI=1S/C24H20F3NO5/c1-2-9-32-21-15-5-3-4-6-16(15)22(33-24(26)27)20-17(21)12-28(23(20)31)14-8-7-13(10-19(29)30)18(25)11-14/h3-8,11,24H,2,9-10,12H2,1H3,(H,29,30). The summed E-state index contributed by atoms with van der Waals surface area (Å²) in [6.45, 7) is -0.946. The van der Waals surface area contributed by atoms with Crippen LogP contribution in [0.5, 0.6) is 11.5 Å². The summed E-state index contributed by atoms with van der Waals surface area (Å²) in [4.78, 5) is 25.5. The first-order valence-corrected chi connectivity index (χ1v) is 10.3. The Hall–Kier alpha value is -3.75. The SMILES string of the molecule is CCCOc1c2c(c(OC(F)F)c3ccccc13)C(=O)N(c1ccc(CC(=O)O)c(F)c1)C2. The van der Waals surface area contributed by atoms with E-state index in [0.29, 0.717) is 35.1 Å². The molecule has 6 nitrogen and oxygen atoms in total. The minimum absolute atomic E-state index is 0.0326. The Bertz CT molecular complexity index is 1240. The zero-order valence-corrected chi connectivity index (χ0v) is 17.6. The fourth-order valence-corrected chi connectivity index (χ4v) is 3.97. The number of benzene rings is 3. The molecule has 1 amide bonds. The lowest BCUT2D eigenvalue weighted by Crippen LogP contribution is -2.23. The zero-order chi connectivity index (χ0) is 23.7. The highest BCUT2D eigenvalue weighted by atomic mass is 19.3. The smallest absolute Gasteiger partial charge is 0.387 e. The van der Waals surface area contributed by atoms with E-state index >= 15 is 0 Å². The van der Waals surface area contributed by atoms with Crippen molar-refractivity contribution in [2.45, 2.75) is 32.9 Å². The third-order valence-corrected chi connectivity index (χ3v) is 5.34. The Morgan fingerprint density at radius 2 is 1.85 bits per heavy atom. The molecule has 0 fully saturated rings. The number of hydrogen-bond acceptors (Lipinski definition) is 4. The van der Waals surface area contributed by atoms with E-state index in [0.717, 1.165) is 6.07 Å². The maximum Gasteiger partial charge on any atom is 0.387 e. The van der Waals surface area contributed by atoms with Crippen LogP contribution in [0.25, 0.3) is 10.8 Å². The molecule has 33 heavy (non-hydrogen) atoms. The Morgan fingerprint density at radius 1 is 1.15 bits per heavy atom. The number of fused-ring (bicyclic) bond motifs is 2. The quantitative estimate of drug-likeness (QED) is 0.504. The summed E-state index contributed by atoms with van der Waals surface area (Å²) in [5.41, 5.74) is 0.444. The molecule has 0 radical (unpaired) electrons. The molecule has 1 aliphatic rings. The number of carbonyl (C=O) groups excluding carboxylic acids is 1. The van der Waals surface area contributed by atoms with Crippen molar-refractivity contribution in [2.24, 2.45) is 0 Å². The van der Waals surface area contributed by atoms with Gasteiger partial charge in [-0.2, -0.15) is 8.78 Å². The number of aliphatic carboxylic acids is 1. The topological polar surface area (TPSA) is 76.1 Å². The number of hydrogen-bond donors (Lipinski definition) is 1. The summed E-state index contributed by atoms with van der Waals surface area (Å²) in [7, 11) is 0. The molecule has 172 valence electrons. The third-order valence-electron chi connectivity index (χ3n) is 5.34. The maximum atomic E-state index is 14.5. The van der Waals surface area contributed by atoms with Crippen LogP contribution in [0.15, 0.2) is 42.5 Å². The Morgan fingerprint density at radius 3 is 2.45 bits per heavy atom. The van der Waals surface area contributed by atoms with Crippen LogP contribution in [-0.2, 0) is 17.8 Å². The highest BCUT2D eigenvalue weighted by Gasteiger charge is 2.37. The lowest BCUT2D eigenvalue weighted by Gasteiger charge is -2.17. The van der Waals surface area contributed by atoms with E-state index in [4.69, 9.17) is 14.6 Å². The van der Waals surface area contributed by atoms with Gasteiger partial charge >= 0.3 is 12.6 Å². The van der Waals surface area contributed by atoms with Gasteiger partial charge < -0.3 is 19.5 Å². The molecule has 0 atom stereocenters. The predicted molar refractivity (Wildman–Crippen MR) is 115 cm³/mol. The van der Waals surface area contributed by atoms with Crippen LogP contribution in [0.4, 0.5) is 18.9 Å². The summed E-state index contributed by atoms with van der Waals surface area (Å²) < 4.78 is 51.8. The summed E-state index contributed by atoms with van der Waals surface area (Å²) in [5.74, 6) is -2.48. The van der Waals surface area contributed by atoms with E-state index < -0.39 is 30.7 Å². The Balaban J connectivity index is 1.86. The molecule has 9 heteroatoms. The number of carboxylic acids is 1. The first kappa shape index (κ1) is 22.4. The van der Waals surface area contributed by atoms with Crippen molar-refractivity contribution in [1.29, 1.82) is 0 Å². The highest BCUT2D eigenvalue weighted by molar-refractivity contribution is 6.16. The monoisotopic (exact) mass is 459 g/mol.